The largest absolute Gasteiger partial charge is 0.508 e. The number of hydrogen-bond acceptors (Lipinski definition) is 7. The lowest BCUT2D eigenvalue weighted by atomic mass is 9.93. The molecular formula is C40H40N4O6. The minimum Gasteiger partial charge on any atom is -0.508 e. The minimum atomic E-state index is -1.10. The molecule has 0 saturated heterocycles. The van der Waals surface area contributed by atoms with Crippen molar-refractivity contribution in [2.24, 2.45) is 0 Å². The fourth-order valence-corrected chi connectivity index (χ4v) is 5.64. The summed E-state index contributed by atoms with van der Waals surface area (Å²) in [7, 11) is 0. The average Bonchev–Trinajstić information content (AvgIpc) is 3.13. The Hall–Kier alpha value is -6.00. The van der Waals surface area contributed by atoms with Crippen molar-refractivity contribution in [2.45, 2.75) is 51.0 Å². The van der Waals surface area contributed by atoms with E-state index in [9.17, 15) is 24.6 Å². The molecule has 1 heterocycles. The first-order valence-corrected chi connectivity index (χ1v) is 16.4. The van der Waals surface area contributed by atoms with Crippen LogP contribution in [0.3, 0.4) is 0 Å². The molecule has 0 bridgehead atoms. The number of anilines is 1. The second-order valence-corrected chi connectivity index (χ2v) is 12.0. The van der Waals surface area contributed by atoms with Crippen LogP contribution in [0, 0.1) is 6.92 Å². The van der Waals surface area contributed by atoms with Crippen LogP contribution in [0.4, 0.5) is 10.5 Å². The quantitative estimate of drug-likeness (QED) is 0.0975. The van der Waals surface area contributed by atoms with Gasteiger partial charge >= 0.3 is 6.09 Å². The molecule has 0 radical (unpaired) electrons. The maximum Gasteiger partial charge on any atom is 0.412 e. The molecule has 0 fully saturated rings. The third-order valence-corrected chi connectivity index (χ3v) is 8.30. The van der Waals surface area contributed by atoms with Crippen molar-refractivity contribution in [3.63, 3.8) is 0 Å². The molecule has 0 unspecified atom stereocenters. The highest BCUT2D eigenvalue weighted by atomic mass is 16.5. The number of rotatable bonds is 14. The Morgan fingerprint density at radius 2 is 1.34 bits per heavy atom. The Morgan fingerprint density at radius 3 is 2.04 bits per heavy atom. The van der Waals surface area contributed by atoms with Crippen LogP contribution in [-0.4, -0.2) is 51.3 Å². The number of aromatic hydroxyl groups is 1. The summed E-state index contributed by atoms with van der Waals surface area (Å²) in [6, 6.07) is 34.4. The SMILES string of the molecule is Cc1c(O)cccc1C(=O)N[C@@H](Cc1ccccc1)C[C@H](O)[C@H](Cc1ccccc1)NC(=O)c1ccccc1NC(=O)OCc1ccccn1. The number of aliphatic hydroxyl groups excluding tert-OH is 1. The molecule has 3 amide bonds. The van der Waals surface area contributed by atoms with Gasteiger partial charge in [0.05, 0.1) is 29.1 Å². The van der Waals surface area contributed by atoms with Gasteiger partial charge in [-0.25, -0.2) is 4.79 Å². The number of phenols is 1. The molecule has 5 N–H and O–H groups in total. The van der Waals surface area contributed by atoms with E-state index in [0.717, 1.165) is 11.1 Å². The van der Waals surface area contributed by atoms with Crippen molar-refractivity contribution >= 4 is 23.6 Å². The van der Waals surface area contributed by atoms with Crippen LogP contribution in [-0.2, 0) is 24.2 Å². The van der Waals surface area contributed by atoms with Crippen molar-refractivity contribution < 1.29 is 29.3 Å². The minimum absolute atomic E-state index is 0.0131. The van der Waals surface area contributed by atoms with E-state index in [2.05, 4.69) is 20.9 Å². The fourth-order valence-electron chi connectivity index (χ4n) is 5.64. The van der Waals surface area contributed by atoms with Crippen LogP contribution in [0.5, 0.6) is 5.75 Å². The number of amides is 3. The van der Waals surface area contributed by atoms with Crippen LogP contribution in [0.2, 0.25) is 0 Å². The van der Waals surface area contributed by atoms with Gasteiger partial charge in [-0.3, -0.25) is 19.9 Å². The Kier molecular flexibility index (Phi) is 12.3. The number of benzene rings is 4. The maximum atomic E-state index is 13.8. The third kappa shape index (κ3) is 10.0. The molecule has 5 rings (SSSR count). The van der Waals surface area contributed by atoms with Gasteiger partial charge in [-0.2, -0.15) is 0 Å². The molecule has 0 spiro atoms. The fraction of sp³-hybridized carbons (Fsp3) is 0.200. The van der Waals surface area contributed by atoms with E-state index in [1.165, 1.54) is 6.07 Å². The summed E-state index contributed by atoms with van der Waals surface area (Å²) < 4.78 is 5.30. The molecular weight excluding hydrogens is 632 g/mol. The molecule has 5 aromatic rings. The van der Waals surface area contributed by atoms with Crippen molar-refractivity contribution in [3.05, 3.63) is 161 Å². The van der Waals surface area contributed by atoms with Gasteiger partial charge in [-0.05, 0) is 73.7 Å². The van der Waals surface area contributed by atoms with Gasteiger partial charge < -0.3 is 25.6 Å². The highest BCUT2D eigenvalue weighted by Crippen LogP contribution is 2.22. The number of para-hydroxylation sites is 1. The summed E-state index contributed by atoms with van der Waals surface area (Å²) >= 11 is 0. The Labute approximate surface area is 291 Å². The van der Waals surface area contributed by atoms with Crippen LogP contribution >= 0.6 is 0 Å². The highest BCUT2D eigenvalue weighted by Gasteiger charge is 2.28. The zero-order valence-corrected chi connectivity index (χ0v) is 27.7. The van der Waals surface area contributed by atoms with E-state index in [1.54, 1.807) is 67.7 Å². The number of carbonyl (C=O) groups excluding carboxylic acids is 3. The molecule has 4 aromatic carbocycles. The number of nitrogens with zero attached hydrogens (tertiary/aromatic N) is 1. The van der Waals surface area contributed by atoms with Gasteiger partial charge in [0, 0.05) is 23.4 Å². The third-order valence-electron chi connectivity index (χ3n) is 8.30. The summed E-state index contributed by atoms with van der Waals surface area (Å²) in [5.74, 6) is -0.881. The van der Waals surface area contributed by atoms with Crippen molar-refractivity contribution in [3.8, 4) is 5.75 Å². The Bertz CT molecular complexity index is 1870. The average molecular weight is 673 g/mol. The van der Waals surface area contributed by atoms with Crippen molar-refractivity contribution in [1.82, 2.24) is 15.6 Å². The van der Waals surface area contributed by atoms with Gasteiger partial charge in [-0.15, -0.1) is 0 Å². The van der Waals surface area contributed by atoms with Crippen LogP contribution in [0.1, 0.15) is 49.5 Å². The number of ether oxygens (including phenoxy) is 1. The lowest BCUT2D eigenvalue weighted by Gasteiger charge is -2.29. The standard InChI is InChI=1S/C40H40N4O6/c1-27-32(19-12-21-36(27)45)38(47)42-31(23-28-13-4-2-5-14-28)25-37(46)35(24-29-15-6-3-7-16-29)43-39(48)33-18-8-9-20-34(33)44-40(49)50-26-30-17-10-11-22-41-30/h2-22,31,35,37,45-46H,23-26H2,1H3,(H,42,47)(H,43,48)(H,44,49)/t31-,35-,37-/m0/s1. The maximum absolute atomic E-state index is 13.8. The predicted octanol–water partition coefficient (Wildman–Crippen LogP) is 5.98. The first-order chi connectivity index (χ1) is 24.3. The second kappa shape index (κ2) is 17.4. The Balaban J connectivity index is 1.34. The lowest BCUT2D eigenvalue weighted by molar-refractivity contribution is 0.0755. The van der Waals surface area contributed by atoms with E-state index in [-0.39, 0.29) is 35.9 Å². The Morgan fingerprint density at radius 1 is 0.720 bits per heavy atom. The number of hydrogen-bond donors (Lipinski definition) is 5. The molecule has 0 aliphatic carbocycles. The van der Waals surface area contributed by atoms with Crippen LogP contribution in [0.25, 0.3) is 0 Å². The summed E-state index contributed by atoms with van der Waals surface area (Å²) in [5.41, 5.74) is 3.61. The molecule has 10 heteroatoms. The van der Waals surface area contributed by atoms with E-state index < -0.39 is 30.2 Å². The van der Waals surface area contributed by atoms with Gasteiger partial charge in [0.1, 0.15) is 12.4 Å². The zero-order valence-electron chi connectivity index (χ0n) is 27.7. The molecule has 3 atom stereocenters. The zero-order chi connectivity index (χ0) is 35.3. The van der Waals surface area contributed by atoms with Crippen LogP contribution < -0.4 is 16.0 Å². The first-order valence-electron chi connectivity index (χ1n) is 16.4. The van der Waals surface area contributed by atoms with E-state index in [0.29, 0.717) is 29.7 Å². The first kappa shape index (κ1) is 35.3. The van der Waals surface area contributed by atoms with E-state index in [1.807, 2.05) is 60.7 Å². The predicted molar refractivity (Wildman–Crippen MR) is 191 cm³/mol. The number of carbonyl (C=O) groups is 3. The summed E-state index contributed by atoms with van der Waals surface area (Å²) in [6.45, 7) is 1.63. The van der Waals surface area contributed by atoms with Crippen LogP contribution in [0.15, 0.2) is 128 Å². The molecule has 1 aromatic heterocycles. The number of phenolic OH excluding ortho intramolecular Hbond substituents is 1. The molecule has 0 aliphatic heterocycles. The van der Waals surface area contributed by atoms with E-state index >= 15 is 0 Å². The van der Waals surface area contributed by atoms with Gasteiger partial charge in [-0.1, -0.05) is 84.9 Å². The number of aliphatic hydroxyl groups is 1. The number of nitrogens with one attached hydrogen (secondary N) is 3. The van der Waals surface area contributed by atoms with Crippen molar-refractivity contribution in [1.29, 1.82) is 0 Å². The topological polar surface area (TPSA) is 150 Å². The highest BCUT2D eigenvalue weighted by molar-refractivity contribution is 6.02. The summed E-state index contributed by atoms with van der Waals surface area (Å²) in [4.78, 5) is 44.1. The normalized spacial score (nSPS) is 12.6. The summed E-state index contributed by atoms with van der Waals surface area (Å²) in [6.07, 6.45) is 0.578. The monoisotopic (exact) mass is 672 g/mol. The van der Waals surface area contributed by atoms with E-state index in [4.69, 9.17) is 4.74 Å². The molecule has 0 saturated carbocycles. The smallest absolute Gasteiger partial charge is 0.412 e. The molecule has 0 aliphatic rings. The van der Waals surface area contributed by atoms with Gasteiger partial charge in [0.25, 0.3) is 11.8 Å². The second-order valence-electron chi connectivity index (χ2n) is 12.0. The molecule has 50 heavy (non-hydrogen) atoms. The number of aromatic nitrogens is 1. The summed E-state index contributed by atoms with van der Waals surface area (Å²) in [5, 5.41) is 30.7. The molecule has 256 valence electrons. The van der Waals surface area contributed by atoms with Gasteiger partial charge in [0.15, 0.2) is 0 Å². The lowest BCUT2D eigenvalue weighted by Crippen LogP contribution is -2.48. The number of pyridine rings is 1. The van der Waals surface area contributed by atoms with Gasteiger partial charge in [0.2, 0.25) is 0 Å². The van der Waals surface area contributed by atoms with Crippen molar-refractivity contribution in [2.75, 3.05) is 5.32 Å². The molecule has 10 nitrogen and oxygen atoms in total.